The summed E-state index contributed by atoms with van der Waals surface area (Å²) in [6.07, 6.45) is 5.65. The molecule has 1 saturated heterocycles. The Hall–Kier alpha value is -1.10. The van der Waals surface area contributed by atoms with E-state index in [1.165, 1.54) is 24.2 Å². The van der Waals surface area contributed by atoms with Crippen molar-refractivity contribution in [3.05, 3.63) is 67.8 Å². The monoisotopic (exact) mass is 458 g/mol. The van der Waals surface area contributed by atoms with Crippen LogP contribution in [0.15, 0.2) is 42.2 Å². The molecule has 0 unspecified atom stereocenters. The molecule has 2 aliphatic rings. The SMILES string of the molecule is Clc1ccc(OC/C=C2\Oc3c(Cl)cc(Cl)cc3[C@H]2[NH+]2CCCCC2)c(Cl)c1. The van der Waals surface area contributed by atoms with E-state index in [0.29, 0.717) is 38.2 Å². The fraction of sp³-hybridized carbons (Fsp3) is 0.333. The Morgan fingerprint density at radius 1 is 0.964 bits per heavy atom. The number of piperidine rings is 1. The van der Waals surface area contributed by atoms with Crippen LogP contribution in [0.4, 0.5) is 0 Å². The molecule has 2 aliphatic heterocycles. The van der Waals surface area contributed by atoms with Crippen molar-refractivity contribution in [2.24, 2.45) is 0 Å². The van der Waals surface area contributed by atoms with E-state index in [1.54, 1.807) is 24.3 Å². The summed E-state index contributed by atoms with van der Waals surface area (Å²) in [6, 6.07) is 8.94. The Balaban J connectivity index is 1.59. The molecule has 28 heavy (non-hydrogen) atoms. The van der Waals surface area contributed by atoms with Gasteiger partial charge in [-0.2, -0.15) is 0 Å². The average molecular weight is 460 g/mol. The van der Waals surface area contributed by atoms with Crippen molar-refractivity contribution in [3.8, 4) is 11.5 Å². The van der Waals surface area contributed by atoms with Gasteiger partial charge >= 0.3 is 0 Å². The number of hydrogen-bond acceptors (Lipinski definition) is 2. The van der Waals surface area contributed by atoms with Crippen LogP contribution in [0.2, 0.25) is 20.1 Å². The topological polar surface area (TPSA) is 22.9 Å². The maximum Gasteiger partial charge on any atom is 0.175 e. The maximum atomic E-state index is 6.40. The van der Waals surface area contributed by atoms with Crippen molar-refractivity contribution in [1.29, 1.82) is 0 Å². The third-order valence-electron chi connectivity index (χ3n) is 5.17. The quantitative estimate of drug-likeness (QED) is 0.627. The second kappa shape index (κ2) is 8.73. The zero-order valence-electron chi connectivity index (χ0n) is 15.1. The Labute approximate surface area is 184 Å². The standard InChI is InChI=1S/C21H19Cl4NO2/c22-13-4-5-18(16(24)11-13)27-9-6-19-20(26-7-2-1-3-8-26)15-10-14(23)12-17(25)21(15)28-19/h4-6,10-12,20H,1-3,7-9H2/p+1/b19-6-/t20-/m1/s1. The third kappa shape index (κ3) is 4.24. The van der Waals surface area contributed by atoms with E-state index in [0.717, 1.165) is 24.4 Å². The van der Waals surface area contributed by atoms with Crippen molar-refractivity contribution in [1.82, 2.24) is 0 Å². The van der Waals surface area contributed by atoms with Crippen LogP contribution in [0.5, 0.6) is 11.5 Å². The summed E-state index contributed by atoms with van der Waals surface area (Å²) < 4.78 is 12.0. The summed E-state index contributed by atoms with van der Waals surface area (Å²) in [7, 11) is 0. The van der Waals surface area contributed by atoms with Crippen LogP contribution < -0.4 is 14.4 Å². The second-order valence-electron chi connectivity index (χ2n) is 7.05. The van der Waals surface area contributed by atoms with Gasteiger partial charge < -0.3 is 14.4 Å². The molecule has 148 valence electrons. The van der Waals surface area contributed by atoms with Gasteiger partial charge in [-0.3, -0.25) is 0 Å². The molecule has 0 saturated carbocycles. The molecule has 2 heterocycles. The minimum atomic E-state index is 0.0794. The Bertz CT molecular complexity index is 910. The van der Waals surface area contributed by atoms with Crippen molar-refractivity contribution in [2.45, 2.75) is 25.3 Å². The van der Waals surface area contributed by atoms with Crippen LogP contribution in [-0.2, 0) is 0 Å². The predicted molar refractivity (Wildman–Crippen MR) is 114 cm³/mol. The first-order valence-electron chi connectivity index (χ1n) is 9.32. The molecule has 2 aromatic rings. The number of likely N-dealkylation sites (tertiary alicyclic amines) is 1. The molecule has 0 spiro atoms. The van der Waals surface area contributed by atoms with Gasteiger partial charge in [0.2, 0.25) is 0 Å². The molecule has 0 bridgehead atoms. The molecule has 0 radical (unpaired) electrons. The fourth-order valence-electron chi connectivity index (χ4n) is 3.91. The highest BCUT2D eigenvalue weighted by atomic mass is 35.5. The lowest BCUT2D eigenvalue weighted by atomic mass is 10.0. The second-order valence-corrected chi connectivity index (χ2v) is 8.74. The van der Waals surface area contributed by atoms with Crippen LogP contribution in [-0.4, -0.2) is 19.7 Å². The van der Waals surface area contributed by atoms with Crippen molar-refractivity contribution < 1.29 is 14.4 Å². The van der Waals surface area contributed by atoms with Gasteiger partial charge in [-0.25, -0.2) is 0 Å². The van der Waals surface area contributed by atoms with Crippen LogP contribution >= 0.6 is 46.4 Å². The largest absolute Gasteiger partial charge is 0.488 e. The van der Waals surface area contributed by atoms with E-state index >= 15 is 0 Å². The lowest BCUT2D eigenvalue weighted by molar-refractivity contribution is -0.931. The number of fused-ring (bicyclic) bond motifs is 1. The number of benzene rings is 2. The molecule has 2 aromatic carbocycles. The summed E-state index contributed by atoms with van der Waals surface area (Å²) in [5.74, 6) is 2.13. The number of rotatable bonds is 4. The maximum absolute atomic E-state index is 6.40. The van der Waals surface area contributed by atoms with Crippen LogP contribution in [0.25, 0.3) is 0 Å². The van der Waals surface area contributed by atoms with E-state index < -0.39 is 0 Å². The summed E-state index contributed by atoms with van der Waals surface area (Å²) >= 11 is 24.8. The van der Waals surface area contributed by atoms with Gasteiger partial charge in [-0.15, -0.1) is 0 Å². The molecular weight excluding hydrogens is 440 g/mol. The van der Waals surface area contributed by atoms with E-state index in [1.807, 2.05) is 12.1 Å². The molecule has 0 aliphatic carbocycles. The normalized spacial score (nSPS) is 20.9. The highest BCUT2D eigenvalue weighted by Crippen LogP contribution is 2.44. The number of quaternary nitrogens is 1. The number of halogens is 4. The first-order valence-corrected chi connectivity index (χ1v) is 10.8. The van der Waals surface area contributed by atoms with Crippen LogP contribution in [0.1, 0.15) is 30.9 Å². The number of nitrogens with one attached hydrogen (secondary N) is 1. The molecule has 1 fully saturated rings. The summed E-state index contributed by atoms with van der Waals surface area (Å²) in [4.78, 5) is 1.47. The predicted octanol–water partition coefficient (Wildman–Crippen LogP) is 5.77. The van der Waals surface area contributed by atoms with Crippen LogP contribution in [0, 0.1) is 0 Å². The van der Waals surface area contributed by atoms with Crippen molar-refractivity contribution in [3.63, 3.8) is 0 Å². The summed E-state index contributed by atoms with van der Waals surface area (Å²) in [5.41, 5.74) is 1.05. The molecule has 4 rings (SSSR count). The van der Waals surface area contributed by atoms with Gasteiger partial charge in [0.15, 0.2) is 17.6 Å². The first kappa shape index (κ1) is 20.2. The Kier molecular flexibility index (Phi) is 6.29. The Morgan fingerprint density at radius 3 is 2.46 bits per heavy atom. The summed E-state index contributed by atoms with van der Waals surface area (Å²) in [5, 5.41) is 2.22. The molecule has 1 N–H and O–H groups in total. The smallest absolute Gasteiger partial charge is 0.175 e. The van der Waals surface area contributed by atoms with E-state index in [9.17, 15) is 0 Å². The van der Waals surface area contributed by atoms with Crippen molar-refractivity contribution >= 4 is 46.4 Å². The first-order chi connectivity index (χ1) is 13.5. The van der Waals surface area contributed by atoms with Gasteiger partial charge in [0.05, 0.1) is 28.7 Å². The van der Waals surface area contributed by atoms with Gasteiger partial charge in [0.25, 0.3) is 0 Å². The lowest BCUT2D eigenvalue weighted by Crippen LogP contribution is -3.13. The third-order valence-corrected chi connectivity index (χ3v) is 6.20. The molecule has 3 nitrogen and oxygen atoms in total. The number of ether oxygens (including phenoxy) is 2. The van der Waals surface area contributed by atoms with Gasteiger partial charge in [-0.1, -0.05) is 46.4 Å². The average Bonchev–Trinajstić information content (AvgIpc) is 3.03. The molecule has 1 atom stereocenters. The fourth-order valence-corrected chi connectivity index (χ4v) is 4.92. The van der Waals surface area contributed by atoms with Gasteiger partial charge in [0, 0.05) is 10.0 Å². The lowest BCUT2D eigenvalue weighted by Gasteiger charge is -2.29. The Morgan fingerprint density at radius 2 is 1.71 bits per heavy atom. The summed E-state index contributed by atoms with van der Waals surface area (Å²) in [6.45, 7) is 2.53. The highest BCUT2D eigenvalue weighted by molar-refractivity contribution is 6.36. The van der Waals surface area contributed by atoms with E-state index in [2.05, 4.69) is 0 Å². The zero-order valence-corrected chi connectivity index (χ0v) is 18.1. The number of hydrogen-bond donors (Lipinski definition) is 1. The minimum absolute atomic E-state index is 0.0794. The van der Waals surface area contributed by atoms with Crippen molar-refractivity contribution in [2.75, 3.05) is 19.7 Å². The van der Waals surface area contributed by atoms with E-state index in [4.69, 9.17) is 55.9 Å². The van der Waals surface area contributed by atoms with Gasteiger partial charge in [0.1, 0.15) is 12.4 Å². The zero-order chi connectivity index (χ0) is 19.7. The molecule has 0 aromatic heterocycles. The molecule has 0 amide bonds. The van der Waals surface area contributed by atoms with E-state index in [-0.39, 0.29) is 6.04 Å². The minimum Gasteiger partial charge on any atom is -0.488 e. The van der Waals surface area contributed by atoms with Gasteiger partial charge in [-0.05, 0) is 55.7 Å². The van der Waals surface area contributed by atoms with Crippen LogP contribution in [0.3, 0.4) is 0 Å². The molecule has 7 heteroatoms. The molecular formula is C21H20Cl4NO2+. The highest BCUT2D eigenvalue weighted by Gasteiger charge is 2.40.